The lowest BCUT2D eigenvalue weighted by atomic mass is 10.3. The van der Waals surface area contributed by atoms with Crippen LogP contribution in [0.5, 0.6) is 5.75 Å². The van der Waals surface area contributed by atoms with Gasteiger partial charge in [-0.1, -0.05) is 17.8 Å². The summed E-state index contributed by atoms with van der Waals surface area (Å²) >= 11 is 10.6. The van der Waals surface area contributed by atoms with Crippen molar-refractivity contribution in [1.82, 2.24) is 9.97 Å². The van der Waals surface area contributed by atoms with Crippen LogP contribution in [0.25, 0.3) is 0 Å². The maximum Gasteiger partial charge on any atom is 0.223 e. The molecule has 0 saturated heterocycles. The highest BCUT2D eigenvalue weighted by atomic mass is 79.9. The summed E-state index contributed by atoms with van der Waals surface area (Å²) in [6, 6.07) is 7.74. The molecule has 1 heterocycles. The molecule has 0 bridgehead atoms. The molecule has 0 spiro atoms. The van der Waals surface area contributed by atoms with Gasteiger partial charge in [-0.05, 0) is 45.7 Å². The molecule has 0 radical (unpaired) electrons. The SMILES string of the molecule is COc1cccc(Sc2nc(Cl)ncc2Br)c1. The van der Waals surface area contributed by atoms with Crippen LogP contribution in [0.15, 0.2) is 44.9 Å². The van der Waals surface area contributed by atoms with Crippen LogP contribution in [0.1, 0.15) is 0 Å². The van der Waals surface area contributed by atoms with Gasteiger partial charge in [0.2, 0.25) is 5.28 Å². The molecule has 1 aromatic carbocycles. The van der Waals surface area contributed by atoms with E-state index >= 15 is 0 Å². The fourth-order valence-corrected chi connectivity index (χ4v) is 2.62. The van der Waals surface area contributed by atoms with Gasteiger partial charge in [-0.25, -0.2) is 9.97 Å². The highest BCUT2D eigenvalue weighted by molar-refractivity contribution is 9.10. The van der Waals surface area contributed by atoms with Crippen molar-refractivity contribution < 1.29 is 4.74 Å². The number of ether oxygens (including phenoxy) is 1. The van der Waals surface area contributed by atoms with E-state index in [4.69, 9.17) is 16.3 Å². The predicted molar refractivity (Wildman–Crippen MR) is 71.9 cm³/mol. The summed E-state index contributed by atoms with van der Waals surface area (Å²) in [5.41, 5.74) is 0. The third-order valence-electron chi connectivity index (χ3n) is 1.94. The van der Waals surface area contributed by atoms with Gasteiger partial charge in [0.1, 0.15) is 10.8 Å². The standard InChI is InChI=1S/C11H8BrClN2OS/c1-16-7-3-2-4-8(5-7)17-10-9(12)6-14-11(13)15-10/h2-6H,1H3. The second-order valence-corrected chi connectivity index (χ2v) is 5.33. The predicted octanol–water partition coefficient (Wildman–Crippen LogP) is 4.05. The average Bonchev–Trinajstić information content (AvgIpc) is 2.34. The highest BCUT2D eigenvalue weighted by Crippen LogP contribution is 2.33. The van der Waals surface area contributed by atoms with E-state index in [0.717, 1.165) is 20.1 Å². The largest absolute Gasteiger partial charge is 0.497 e. The summed E-state index contributed by atoms with van der Waals surface area (Å²) in [7, 11) is 1.64. The molecule has 0 fully saturated rings. The highest BCUT2D eigenvalue weighted by Gasteiger charge is 2.06. The third kappa shape index (κ3) is 3.34. The van der Waals surface area contributed by atoms with Crippen LogP contribution in [0.3, 0.4) is 0 Å². The van der Waals surface area contributed by atoms with Gasteiger partial charge in [0.25, 0.3) is 0 Å². The first-order valence-corrected chi connectivity index (χ1v) is 6.68. The summed E-state index contributed by atoms with van der Waals surface area (Å²) in [5.74, 6) is 0.811. The van der Waals surface area contributed by atoms with Crippen molar-refractivity contribution in [3.05, 3.63) is 40.2 Å². The molecule has 2 aromatic rings. The first-order valence-electron chi connectivity index (χ1n) is 4.69. The number of halogens is 2. The van der Waals surface area contributed by atoms with E-state index in [9.17, 15) is 0 Å². The minimum atomic E-state index is 0.235. The first kappa shape index (κ1) is 12.7. The Balaban J connectivity index is 2.27. The zero-order chi connectivity index (χ0) is 12.3. The van der Waals surface area contributed by atoms with Gasteiger partial charge in [-0.3, -0.25) is 0 Å². The molecule has 1 aromatic heterocycles. The Morgan fingerprint density at radius 1 is 1.41 bits per heavy atom. The molecule has 0 aliphatic heterocycles. The van der Waals surface area contributed by atoms with Gasteiger partial charge in [-0.2, -0.15) is 0 Å². The second-order valence-electron chi connectivity index (χ2n) is 3.07. The van der Waals surface area contributed by atoms with Crippen LogP contribution < -0.4 is 4.74 Å². The van der Waals surface area contributed by atoms with Crippen molar-refractivity contribution >= 4 is 39.3 Å². The van der Waals surface area contributed by atoms with E-state index < -0.39 is 0 Å². The molecular formula is C11H8BrClN2OS. The van der Waals surface area contributed by atoms with Gasteiger partial charge in [0, 0.05) is 11.1 Å². The lowest BCUT2D eigenvalue weighted by molar-refractivity contribution is 0.413. The molecule has 17 heavy (non-hydrogen) atoms. The van der Waals surface area contributed by atoms with E-state index in [0.29, 0.717) is 0 Å². The molecule has 0 saturated carbocycles. The van der Waals surface area contributed by atoms with Crippen LogP contribution in [0.2, 0.25) is 5.28 Å². The Morgan fingerprint density at radius 3 is 3.00 bits per heavy atom. The maximum absolute atomic E-state index is 5.76. The van der Waals surface area contributed by atoms with Crippen molar-refractivity contribution in [1.29, 1.82) is 0 Å². The Morgan fingerprint density at radius 2 is 2.24 bits per heavy atom. The summed E-state index contributed by atoms with van der Waals surface area (Å²) in [6.07, 6.45) is 1.64. The number of methoxy groups -OCH3 is 1. The molecule has 3 nitrogen and oxygen atoms in total. The van der Waals surface area contributed by atoms with Crippen molar-refractivity contribution in [2.75, 3.05) is 7.11 Å². The Hall–Kier alpha value is -0.780. The zero-order valence-electron chi connectivity index (χ0n) is 8.85. The van der Waals surface area contributed by atoms with Crippen LogP contribution in [-0.4, -0.2) is 17.1 Å². The summed E-state index contributed by atoms with van der Waals surface area (Å²) in [6.45, 7) is 0. The van der Waals surface area contributed by atoms with E-state index in [1.54, 1.807) is 13.3 Å². The molecule has 0 unspecified atom stereocenters. The molecular weight excluding hydrogens is 324 g/mol. The van der Waals surface area contributed by atoms with Gasteiger partial charge in [0.05, 0.1) is 11.6 Å². The Kier molecular flexibility index (Phi) is 4.25. The monoisotopic (exact) mass is 330 g/mol. The zero-order valence-corrected chi connectivity index (χ0v) is 12.0. The molecule has 88 valence electrons. The van der Waals surface area contributed by atoms with Crippen LogP contribution >= 0.6 is 39.3 Å². The van der Waals surface area contributed by atoms with Crippen LogP contribution in [0, 0.1) is 0 Å². The molecule has 0 aliphatic carbocycles. The number of aromatic nitrogens is 2. The third-order valence-corrected chi connectivity index (χ3v) is 3.96. The molecule has 0 amide bonds. The van der Waals surface area contributed by atoms with Gasteiger partial charge < -0.3 is 4.74 Å². The minimum Gasteiger partial charge on any atom is -0.497 e. The van der Waals surface area contributed by atoms with Gasteiger partial charge in [0.15, 0.2) is 0 Å². The van der Waals surface area contributed by atoms with E-state index in [2.05, 4.69) is 25.9 Å². The fourth-order valence-electron chi connectivity index (χ4n) is 1.18. The van der Waals surface area contributed by atoms with E-state index in [1.165, 1.54) is 11.8 Å². The van der Waals surface area contributed by atoms with E-state index in [1.807, 2.05) is 24.3 Å². The molecule has 0 aliphatic rings. The normalized spacial score (nSPS) is 10.3. The van der Waals surface area contributed by atoms with Gasteiger partial charge >= 0.3 is 0 Å². The number of benzene rings is 1. The summed E-state index contributed by atoms with van der Waals surface area (Å²) < 4.78 is 5.98. The Bertz CT molecular complexity index is 539. The first-order chi connectivity index (χ1) is 8.19. The lowest BCUT2D eigenvalue weighted by Crippen LogP contribution is -1.87. The molecule has 0 N–H and O–H groups in total. The number of hydrogen-bond donors (Lipinski definition) is 0. The molecule has 6 heteroatoms. The van der Waals surface area contributed by atoms with Crippen molar-refractivity contribution in [3.63, 3.8) is 0 Å². The van der Waals surface area contributed by atoms with Crippen molar-refractivity contribution in [2.45, 2.75) is 9.92 Å². The number of rotatable bonds is 3. The molecule has 0 atom stereocenters. The van der Waals surface area contributed by atoms with E-state index in [-0.39, 0.29) is 5.28 Å². The van der Waals surface area contributed by atoms with Crippen molar-refractivity contribution in [3.8, 4) is 5.75 Å². The quantitative estimate of drug-likeness (QED) is 0.628. The number of nitrogens with zero attached hydrogens (tertiary/aromatic N) is 2. The topological polar surface area (TPSA) is 35.0 Å². The maximum atomic E-state index is 5.76. The van der Waals surface area contributed by atoms with Crippen molar-refractivity contribution in [2.24, 2.45) is 0 Å². The van der Waals surface area contributed by atoms with Crippen LogP contribution in [-0.2, 0) is 0 Å². The fraction of sp³-hybridized carbons (Fsp3) is 0.0909. The lowest BCUT2D eigenvalue weighted by Gasteiger charge is -2.05. The Labute approximate surface area is 117 Å². The smallest absolute Gasteiger partial charge is 0.223 e. The second kappa shape index (κ2) is 5.71. The van der Waals surface area contributed by atoms with Crippen LogP contribution in [0.4, 0.5) is 0 Å². The average molecular weight is 332 g/mol. The minimum absolute atomic E-state index is 0.235. The molecule has 2 rings (SSSR count). The summed E-state index contributed by atoms with van der Waals surface area (Å²) in [5, 5.41) is 1.01. The number of hydrogen-bond acceptors (Lipinski definition) is 4. The van der Waals surface area contributed by atoms with Gasteiger partial charge in [-0.15, -0.1) is 0 Å². The summed E-state index contributed by atoms with van der Waals surface area (Å²) in [4.78, 5) is 9.06.